The van der Waals surface area contributed by atoms with Crippen LogP contribution in [0.5, 0.6) is 0 Å². The normalized spacial score (nSPS) is 17.8. The first kappa shape index (κ1) is 25.1. The molecule has 1 amide bonds. The summed E-state index contributed by atoms with van der Waals surface area (Å²) < 4.78 is 1.59. The molecule has 1 aromatic carbocycles. The summed E-state index contributed by atoms with van der Waals surface area (Å²) in [6, 6.07) is 9.26. The molecule has 1 saturated heterocycles. The molecule has 2 aromatic heterocycles. The fourth-order valence-corrected chi connectivity index (χ4v) is 5.05. The lowest BCUT2D eigenvalue weighted by Gasteiger charge is -2.45. The second-order valence-corrected chi connectivity index (χ2v) is 10.6. The second kappa shape index (κ2) is 10.4. The Bertz CT molecular complexity index is 1340. The monoisotopic (exact) mass is 501 g/mol. The van der Waals surface area contributed by atoms with Crippen LogP contribution in [0.1, 0.15) is 69.3 Å². The highest BCUT2D eigenvalue weighted by molar-refractivity contribution is 5.87. The van der Waals surface area contributed by atoms with Crippen LogP contribution in [0.4, 0.5) is 5.95 Å². The number of hydrogen-bond donors (Lipinski definition) is 2. The van der Waals surface area contributed by atoms with E-state index in [1.54, 1.807) is 10.8 Å². The Morgan fingerprint density at radius 2 is 1.78 bits per heavy atom. The minimum absolute atomic E-state index is 0.0167. The van der Waals surface area contributed by atoms with E-state index < -0.39 is 0 Å². The topological polar surface area (TPSA) is 105 Å². The lowest BCUT2D eigenvalue weighted by Crippen LogP contribution is -2.59. The zero-order chi connectivity index (χ0) is 26.1. The Morgan fingerprint density at radius 1 is 1.11 bits per heavy atom. The highest BCUT2D eigenvalue weighted by Crippen LogP contribution is 2.41. The number of hydrogen-bond acceptors (Lipinski definition) is 7. The molecule has 1 unspecified atom stereocenters. The van der Waals surface area contributed by atoms with Gasteiger partial charge < -0.3 is 10.6 Å². The van der Waals surface area contributed by atoms with Crippen LogP contribution in [0.15, 0.2) is 54.1 Å². The summed E-state index contributed by atoms with van der Waals surface area (Å²) >= 11 is 0. The highest BCUT2D eigenvalue weighted by atomic mass is 16.2. The number of carbonyl (C=O) groups is 1. The Hall–Kier alpha value is -3.59. The first-order chi connectivity index (χ1) is 17.8. The number of nitrogens with one attached hydrogen (secondary N) is 2. The van der Waals surface area contributed by atoms with Crippen molar-refractivity contribution in [3.8, 4) is 0 Å². The maximum atomic E-state index is 12.3. The van der Waals surface area contributed by atoms with Crippen LogP contribution < -0.4 is 16.3 Å². The molecule has 0 radical (unpaired) electrons. The van der Waals surface area contributed by atoms with Gasteiger partial charge in [-0.05, 0) is 50.3 Å². The Labute approximate surface area is 217 Å². The fourth-order valence-electron chi connectivity index (χ4n) is 5.05. The molecule has 1 aliphatic carbocycles. The van der Waals surface area contributed by atoms with Crippen LogP contribution in [0.3, 0.4) is 0 Å². The van der Waals surface area contributed by atoms with E-state index in [0.29, 0.717) is 17.6 Å². The van der Waals surface area contributed by atoms with Gasteiger partial charge in [0.1, 0.15) is 0 Å². The van der Waals surface area contributed by atoms with Crippen molar-refractivity contribution in [3.05, 3.63) is 70.9 Å². The van der Waals surface area contributed by atoms with E-state index in [4.69, 9.17) is 0 Å². The van der Waals surface area contributed by atoms with Gasteiger partial charge in [-0.3, -0.25) is 14.3 Å². The van der Waals surface area contributed by atoms with Crippen molar-refractivity contribution in [2.45, 2.75) is 64.2 Å². The van der Waals surface area contributed by atoms with Gasteiger partial charge in [-0.25, -0.2) is 14.8 Å². The number of benzene rings is 1. The van der Waals surface area contributed by atoms with Gasteiger partial charge in [0, 0.05) is 37.6 Å². The smallest absolute Gasteiger partial charge is 0.348 e. The van der Waals surface area contributed by atoms with Gasteiger partial charge in [-0.2, -0.15) is 4.98 Å². The highest BCUT2D eigenvalue weighted by Gasteiger charge is 2.36. The number of rotatable bonds is 10. The molecule has 3 heterocycles. The molecule has 1 aliphatic heterocycles. The molecular weight excluding hydrogens is 466 g/mol. The number of amides is 1. The van der Waals surface area contributed by atoms with Crippen LogP contribution in [0.25, 0.3) is 11.0 Å². The van der Waals surface area contributed by atoms with Crippen molar-refractivity contribution >= 4 is 22.9 Å². The zero-order valence-electron chi connectivity index (χ0n) is 21.7. The van der Waals surface area contributed by atoms with Gasteiger partial charge in [-0.1, -0.05) is 43.7 Å². The molecule has 2 fully saturated rings. The van der Waals surface area contributed by atoms with E-state index in [2.05, 4.69) is 68.3 Å². The zero-order valence-corrected chi connectivity index (χ0v) is 21.7. The summed E-state index contributed by atoms with van der Waals surface area (Å²) in [6.45, 7) is 11.2. The molecular formula is C28H35N7O2. The maximum Gasteiger partial charge on any atom is 0.349 e. The SMILES string of the molecule is C=CC(=O)NC1CN(C(CC2CC2)c2ccc([C@H](C)Nc3ncc4cnc(=O)n(C(C)C)c4n3)cc2)C1. The van der Waals surface area contributed by atoms with Crippen LogP contribution in [0.2, 0.25) is 0 Å². The van der Waals surface area contributed by atoms with Crippen LogP contribution in [-0.2, 0) is 4.79 Å². The summed E-state index contributed by atoms with van der Waals surface area (Å²) in [6.07, 6.45) is 8.34. The van der Waals surface area contributed by atoms with Crippen molar-refractivity contribution in [2.24, 2.45) is 5.92 Å². The van der Waals surface area contributed by atoms with Gasteiger partial charge in [0.2, 0.25) is 11.9 Å². The minimum atomic E-state index is -0.312. The lowest BCUT2D eigenvalue weighted by molar-refractivity contribution is -0.118. The first-order valence-electron chi connectivity index (χ1n) is 13.1. The third-order valence-electron chi connectivity index (χ3n) is 7.36. The number of nitrogens with zero attached hydrogens (tertiary/aromatic N) is 5. The molecule has 0 spiro atoms. The Kier molecular flexibility index (Phi) is 7.06. The van der Waals surface area contributed by atoms with Gasteiger partial charge in [0.05, 0.1) is 17.5 Å². The van der Waals surface area contributed by atoms with Gasteiger partial charge >= 0.3 is 5.69 Å². The first-order valence-corrected chi connectivity index (χ1v) is 13.1. The van der Waals surface area contributed by atoms with Crippen molar-refractivity contribution in [1.29, 1.82) is 0 Å². The molecule has 3 aromatic rings. The number of aromatic nitrogens is 4. The minimum Gasteiger partial charge on any atom is -0.348 e. The third-order valence-corrected chi connectivity index (χ3v) is 7.36. The Morgan fingerprint density at radius 3 is 2.43 bits per heavy atom. The van der Waals surface area contributed by atoms with E-state index in [0.717, 1.165) is 36.4 Å². The van der Waals surface area contributed by atoms with Gasteiger partial charge in [0.15, 0.2) is 5.65 Å². The molecule has 9 nitrogen and oxygen atoms in total. The van der Waals surface area contributed by atoms with E-state index in [9.17, 15) is 9.59 Å². The molecule has 5 rings (SSSR count). The van der Waals surface area contributed by atoms with Crippen LogP contribution in [-0.4, -0.2) is 49.5 Å². The summed E-state index contributed by atoms with van der Waals surface area (Å²) in [4.78, 5) is 39.4. The van der Waals surface area contributed by atoms with Crippen molar-refractivity contribution in [2.75, 3.05) is 18.4 Å². The van der Waals surface area contributed by atoms with Crippen molar-refractivity contribution in [3.63, 3.8) is 0 Å². The molecule has 0 bridgehead atoms. The standard InChI is InChI=1S/C28H35N7O2/c1-5-25(36)32-23-15-34(16-23)24(12-19-6-7-19)21-10-8-20(9-11-21)18(4)31-27-29-13-22-14-30-28(37)35(17(2)3)26(22)33-27/h5,8-11,13-14,17-19,23-24H,1,6-7,12,15-16H2,2-4H3,(H,32,36)(H,29,31,33)/t18-,24?/m0/s1. The van der Waals surface area contributed by atoms with Gasteiger partial charge in [-0.15, -0.1) is 0 Å². The number of carbonyl (C=O) groups excluding carboxylic acids is 1. The van der Waals surface area contributed by atoms with Crippen molar-refractivity contribution in [1.82, 2.24) is 29.7 Å². The molecule has 1 saturated carbocycles. The Balaban J connectivity index is 1.28. The lowest BCUT2D eigenvalue weighted by atomic mass is 9.93. The fraction of sp³-hybridized carbons (Fsp3) is 0.464. The summed E-state index contributed by atoms with van der Waals surface area (Å²) in [7, 11) is 0. The molecule has 2 aliphatic rings. The van der Waals surface area contributed by atoms with Gasteiger partial charge in [0.25, 0.3) is 0 Å². The third kappa shape index (κ3) is 5.56. The largest absolute Gasteiger partial charge is 0.349 e. The van der Waals surface area contributed by atoms with E-state index >= 15 is 0 Å². The molecule has 2 N–H and O–H groups in total. The number of fused-ring (bicyclic) bond motifs is 1. The van der Waals surface area contributed by atoms with Crippen LogP contribution >= 0.6 is 0 Å². The van der Waals surface area contributed by atoms with E-state index in [1.807, 2.05) is 13.8 Å². The average molecular weight is 502 g/mol. The number of likely N-dealkylation sites (tertiary alicyclic amines) is 1. The molecule has 37 heavy (non-hydrogen) atoms. The average Bonchev–Trinajstić information content (AvgIpc) is 3.68. The quantitative estimate of drug-likeness (QED) is 0.408. The van der Waals surface area contributed by atoms with Crippen molar-refractivity contribution < 1.29 is 4.79 Å². The molecule has 194 valence electrons. The summed E-state index contributed by atoms with van der Waals surface area (Å²) in [5.41, 5.74) is 2.71. The summed E-state index contributed by atoms with van der Waals surface area (Å²) in [5.74, 6) is 1.17. The molecule has 9 heteroatoms. The predicted octanol–water partition coefficient (Wildman–Crippen LogP) is 3.77. The molecule has 2 atom stereocenters. The number of anilines is 1. The second-order valence-electron chi connectivity index (χ2n) is 10.6. The van der Waals surface area contributed by atoms with Crippen LogP contribution in [0, 0.1) is 5.92 Å². The van der Waals surface area contributed by atoms with E-state index in [1.165, 1.54) is 30.7 Å². The predicted molar refractivity (Wildman–Crippen MR) is 144 cm³/mol. The van der Waals surface area contributed by atoms with E-state index in [-0.39, 0.29) is 29.7 Å². The summed E-state index contributed by atoms with van der Waals surface area (Å²) in [5, 5.41) is 7.12. The maximum absolute atomic E-state index is 12.3.